The minimum atomic E-state index is -0.255. The first-order valence-corrected chi connectivity index (χ1v) is 7.56. The molecule has 1 aromatic carbocycles. The Kier molecular flexibility index (Phi) is 4.36. The van der Waals surface area contributed by atoms with Crippen molar-refractivity contribution in [3.8, 4) is 11.3 Å². The van der Waals surface area contributed by atoms with E-state index in [2.05, 4.69) is 20.6 Å². The smallest absolute Gasteiger partial charge is 0.269 e. The molecule has 0 aliphatic heterocycles. The third kappa shape index (κ3) is 3.38. The molecule has 23 heavy (non-hydrogen) atoms. The molecule has 0 atom stereocenters. The molecule has 0 saturated carbocycles. The Labute approximate surface area is 142 Å². The predicted molar refractivity (Wildman–Crippen MR) is 88.4 cm³/mol. The summed E-state index contributed by atoms with van der Waals surface area (Å²) >= 11 is 12.0. The summed E-state index contributed by atoms with van der Waals surface area (Å²) in [7, 11) is 1.82. The summed E-state index contributed by atoms with van der Waals surface area (Å²) < 4.78 is 1.70. The number of hydrogen-bond acceptors (Lipinski definition) is 3. The third-order valence-corrected chi connectivity index (χ3v) is 3.93. The first-order valence-electron chi connectivity index (χ1n) is 6.80. The van der Waals surface area contributed by atoms with Gasteiger partial charge in [0.2, 0.25) is 0 Å². The minimum absolute atomic E-state index is 0.255. The van der Waals surface area contributed by atoms with Gasteiger partial charge in [0.05, 0.1) is 23.0 Å². The van der Waals surface area contributed by atoms with Crippen LogP contribution in [0.15, 0.2) is 36.5 Å². The van der Waals surface area contributed by atoms with Crippen molar-refractivity contribution < 1.29 is 4.79 Å². The molecule has 2 N–H and O–H groups in total. The van der Waals surface area contributed by atoms with Crippen LogP contribution in [0.25, 0.3) is 11.3 Å². The number of hydrogen-bond donors (Lipinski definition) is 2. The molecule has 0 unspecified atom stereocenters. The largest absolute Gasteiger partial charge is 0.345 e. The molecule has 8 heteroatoms. The van der Waals surface area contributed by atoms with Crippen molar-refractivity contribution in [1.29, 1.82) is 0 Å². The molecule has 0 saturated heterocycles. The van der Waals surface area contributed by atoms with E-state index in [1.807, 2.05) is 13.1 Å². The summed E-state index contributed by atoms with van der Waals surface area (Å²) in [5.74, 6) is -0.255. The fourth-order valence-electron chi connectivity index (χ4n) is 2.11. The highest BCUT2D eigenvalue weighted by atomic mass is 35.5. The lowest BCUT2D eigenvalue weighted by molar-refractivity contribution is 0.0945. The monoisotopic (exact) mass is 349 g/mol. The van der Waals surface area contributed by atoms with Gasteiger partial charge in [-0.25, -0.2) is 0 Å². The van der Waals surface area contributed by atoms with E-state index in [1.54, 1.807) is 35.1 Å². The number of amides is 1. The van der Waals surface area contributed by atoms with E-state index in [4.69, 9.17) is 23.2 Å². The molecule has 2 heterocycles. The van der Waals surface area contributed by atoms with E-state index in [0.717, 1.165) is 5.69 Å². The highest BCUT2D eigenvalue weighted by Gasteiger charge is 2.13. The highest BCUT2D eigenvalue weighted by Crippen LogP contribution is 2.29. The predicted octanol–water partition coefficient (Wildman–Crippen LogP) is 3.05. The van der Waals surface area contributed by atoms with Gasteiger partial charge in [-0.15, -0.1) is 0 Å². The number of aromatic amines is 1. The second-order valence-corrected chi connectivity index (χ2v) is 5.76. The fraction of sp³-hybridized carbons (Fsp3) is 0.133. The number of nitrogens with one attached hydrogen (secondary N) is 2. The van der Waals surface area contributed by atoms with Crippen LogP contribution in [0.4, 0.5) is 0 Å². The zero-order chi connectivity index (χ0) is 16.4. The Morgan fingerprint density at radius 1 is 1.30 bits per heavy atom. The molecule has 0 aliphatic rings. The Hall–Kier alpha value is -2.31. The number of nitrogens with zero attached hydrogens (tertiary/aromatic N) is 3. The second kappa shape index (κ2) is 6.44. The molecule has 6 nitrogen and oxygen atoms in total. The van der Waals surface area contributed by atoms with Crippen LogP contribution in [-0.2, 0) is 13.6 Å². The van der Waals surface area contributed by atoms with Crippen molar-refractivity contribution in [2.24, 2.45) is 7.05 Å². The number of carbonyl (C=O) groups is 1. The first kappa shape index (κ1) is 15.6. The van der Waals surface area contributed by atoms with E-state index in [-0.39, 0.29) is 5.91 Å². The third-order valence-electron chi connectivity index (χ3n) is 3.38. The van der Waals surface area contributed by atoms with E-state index >= 15 is 0 Å². The van der Waals surface area contributed by atoms with Crippen molar-refractivity contribution in [2.75, 3.05) is 0 Å². The number of aryl methyl sites for hydroxylation is 1. The van der Waals surface area contributed by atoms with Gasteiger partial charge < -0.3 is 5.32 Å². The van der Waals surface area contributed by atoms with Crippen molar-refractivity contribution in [3.63, 3.8) is 0 Å². The lowest BCUT2D eigenvalue weighted by Gasteiger charge is -2.03. The lowest BCUT2D eigenvalue weighted by Crippen LogP contribution is -2.24. The average Bonchev–Trinajstić information content (AvgIpc) is 3.14. The summed E-state index contributed by atoms with van der Waals surface area (Å²) in [6.07, 6.45) is 1.68. The van der Waals surface area contributed by atoms with Crippen molar-refractivity contribution in [1.82, 2.24) is 25.3 Å². The molecule has 0 aliphatic carbocycles. The van der Waals surface area contributed by atoms with Crippen LogP contribution in [0.3, 0.4) is 0 Å². The van der Waals surface area contributed by atoms with Crippen LogP contribution in [0, 0.1) is 0 Å². The summed E-state index contributed by atoms with van der Waals surface area (Å²) in [6.45, 7) is 0.380. The first-order chi connectivity index (χ1) is 11.0. The summed E-state index contributed by atoms with van der Waals surface area (Å²) in [6, 6.07) is 8.60. The Balaban J connectivity index is 1.73. The molecular formula is C15H13Cl2N5O. The Morgan fingerprint density at radius 3 is 2.83 bits per heavy atom. The number of aromatic nitrogens is 4. The molecule has 0 spiro atoms. The van der Waals surface area contributed by atoms with E-state index in [1.165, 1.54) is 0 Å². The van der Waals surface area contributed by atoms with Crippen LogP contribution in [0.1, 0.15) is 16.2 Å². The standard InChI is InChI=1S/C15H13Cl2N5O/c1-22-10(4-5-19-22)8-18-15(23)14-7-13(20-21-14)11-3-2-9(16)6-12(11)17/h2-7H,8H2,1H3,(H,18,23)(H,20,21). The van der Waals surface area contributed by atoms with Crippen LogP contribution in [0.2, 0.25) is 10.0 Å². The lowest BCUT2D eigenvalue weighted by atomic mass is 10.1. The maximum atomic E-state index is 12.2. The second-order valence-electron chi connectivity index (χ2n) is 4.92. The molecule has 3 rings (SSSR count). The van der Waals surface area contributed by atoms with Crippen molar-refractivity contribution >= 4 is 29.1 Å². The van der Waals surface area contributed by atoms with Crippen LogP contribution < -0.4 is 5.32 Å². The average molecular weight is 350 g/mol. The fourth-order valence-corrected chi connectivity index (χ4v) is 2.62. The Morgan fingerprint density at radius 2 is 2.13 bits per heavy atom. The zero-order valence-electron chi connectivity index (χ0n) is 12.2. The maximum Gasteiger partial charge on any atom is 0.269 e. The van der Waals surface area contributed by atoms with Gasteiger partial charge in [0.1, 0.15) is 5.69 Å². The highest BCUT2D eigenvalue weighted by molar-refractivity contribution is 6.36. The molecule has 0 radical (unpaired) electrons. The number of halogens is 2. The van der Waals surface area contributed by atoms with Gasteiger partial charge in [-0.05, 0) is 30.3 Å². The molecule has 1 amide bonds. The number of carbonyl (C=O) groups excluding carboxylic acids is 1. The van der Waals surface area contributed by atoms with Gasteiger partial charge in [-0.1, -0.05) is 23.2 Å². The molecule has 0 bridgehead atoms. The molecule has 0 fully saturated rings. The van der Waals surface area contributed by atoms with Gasteiger partial charge in [-0.3, -0.25) is 14.6 Å². The van der Waals surface area contributed by atoms with Crippen LogP contribution in [0.5, 0.6) is 0 Å². The van der Waals surface area contributed by atoms with Gasteiger partial charge in [-0.2, -0.15) is 10.2 Å². The van der Waals surface area contributed by atoms with Crippen molar-refractivity contribution in [3.05, 3.63) is 58.0 Å². The SMILES string of the molecule is Cn1nccc1CNC(=O)c1cc(-c2ccc(Cl)cc2Cl)n[nH]1. The minimum Gasteiger partial charge on any atom is -0.345 e. The zero-order valence-corrected chi connectivity index (χ0v) is 13.7. The van der Waals surface area contributed by atoms with Crippen molar-refractivity contribution in [2.45, 2.75) is 6.54 Å². The van der Waals surface area contributed by atoms with Gasteiger partial charge >= 0.3 is 0 Å². The molecule has 3 aromatic rings. The number of rotatable bonds is 4. The van der Waals surface area contributed by atoms with Crippen LogP contribution >= 0.6 is 23.2 Å². The molecule has 2 aromatic heterocycles. The van der Waals surface area contributed by atoms with Gasteiger partial charge in [0, 0.05) is 23.8 Å². The Bertz CT molecular complexity index is 855. The summed E-state index contributed by atoms with van der Waals surface area (Å²) in [5, 5.41) is 14.7. The van der Waals surface area contributed by atoms with Crippen LogP contribution in [-0.4, -0.2) is 25.9 Å². The van der Waals surface area contributed by atoms with E-state index in [9.17, 15) is 4.79 Å². The van der Waals surface area contributed by atoms with Gasteiger partial charge in [0.15, 0.2) is 0 Å². The quantitative estimate of drug-likeness (QED) is 0.759. The topological polar surface area (TPSA) is 75.6 Å². The summed E-state index contributed by atoms with van der Waals surface area (Å²) in [4.78, 5) is 12.2. The van der Waals surface area contributed by atoms with E-state index in [0.29, 0.717) is 33.5 Å². The molecular weight excluding hydrogens is 337 g/mol. The number of H-pyrrole nitrogens is 1. The number of benzene rings is 1. The molecule has 118 valence electrons. The maximum absolute atomic E-state index is 12.2. The normalized spacial score (nSPS) is 10.7. The van der Waals surface area contributed by atoms with Gasteiger partial charge in [0.25, 0.3) is 5.91 Å². The summed E-state index contributed by atoms with van der Waals surface area (Å²) in [5.41, 5.74) is 2.54. The van der Waals surface area contributed by atoms with E-state index < -0.39 is 0 Å².